The number of rotatable bonds is 2. The van der Waals surface area contributed by atoms with E-state index in [1.807, 2.05) is 12.1 Å². The Morgan fingerprint density at radius 2 is 2.60 bits per heavy atom. The van der Waals surface area contributed by atoms with E-state index in [-0.39, 0.29) is 0 Å². The minimum Gasteiger partial charge on any atom is -0.302 e. The fourth-order valence-electron chi connectivity index (χ4n) is 1.18. The smallest absolute Gasteiger partial charge is 0.141 e. The van der Waals surface area contributed by atoms with Crippen molar-refractivity contribution in [1.29, 1.82) is 5.26 Å². The van der Waals surface area contributed by atoms with Gasteiger partial charge in [-0.05, 0) is 19.3 Å². The number of carbonyl (C=O) groups excluding carboxylic acids is 1. The Morgan fingerprint density at radius 1 is 1.80 bits per heavy atom. The van der Waals surface area contributed by atoms with Gasteiger partial charge in [-0.1, -0.05) is 11.6 Å². The summed E-state index contributed by atoms with van der Waals surface area (Å²) in [7, 11) is 0. The number of aldehydes is 1. The number of hydrogen-bond donors (Lipinski definition) is 0. The van der Waals surface area contributed by atoms with Gasteiger partial charge in [-0.3, -0.25) is 0 Å². The first-order valence-electron chi connectivity index (χ1n) is 3.42. The van der Waals surface area contributed by atoms with Crippen molar-refractivity contribution in [3.8, 4) is 6.07 Å². The van der Waals surface area contributed by atoms with E-state index in [1.165, 1.54) is 0 Å². The predicted octanol–water partition coefficient (Wildman–Crippen LogP) is 1.44. The molecule has 10 heavy (non-hydrogen) atoms. The number of nitrogens with zero attached hydrogens (tertiary/aromatic N) is 1. The zero-order valence-corrected chi connectivity index (χ0v) is 5.71. The Morgan fingerprint density at radius 3 is 3.00 bits per heavy atom. The van der Waals surface area contributed by atoms with Crippen molar-refractivity contribution in [3.63, 3.8) is 0 Å². The molecule has 52 valence electrons. The molecule has 0 radical (unpaired) electrons. The van der Waals surface area contributed by atoms with Crippen molar-refractivity contribution in [3.05, 3.63) is 11.6 Å². The molecule has 1 rings (SSSR count). The van der Waals surface area contributed by atoms with Crippen LogP contribution < -0.4 is 0 Å². The van der Waals surface area contributed by atoms with E-state index in [0.29, 0.717) is 0 Å². The van der Waals surface area contributed by atoms with E-state index in [2.05, 4.69) is 0 Å². The molecule has 1 aliphatic rings. The number of allylic oxidation sites excluding steroid dienone is 2. The first-order chi connectivity index (χ1) is 4.88. The second-order valence-electron chi connectivity index (χ2n) is 2.41. The molecule has 0 fully saturated rings. The van der Waals surface area contributed by atoms with Crippen LogP contribution in [0.5, 0.6) is 0 Å². The highest BCUT2D eigenvalue weighted by atomic mass is 16.1. The molecule has 0 aromatic carbocycles. The summed E-state index contributed by atoms with van der Waals surface area (Å²) in [4.78, 5) is 10.3. The summed E-state index contributed by atoms with van der Waals surface area (Å²) in [6.07, 6.45) is 5.78. The third-order valence-corrected chi connectivity index (χ3v) is 1.75. The summed E-state index contributed by atoms with van der Waals surface area (Å²) >= 11 is 0. The van der Waals surface area contributed by atoms with Gasteiger partial charge >= 0.3 is 0 Å². The molecule has 0 saturated heterocycles. The van der Waals surface area contributed by atoms with Crippen LogP contribution in [0.15, 0.2) is 11.6 Å². The number of nitriles is 1. The third-order valence-electron chi connectivity index (χ3n) is 1.75. The van der Waals surface area contributed by atoms with Crippen LogP contribution in [-0.2, 0) is 4.79 Å². The normalized spacial score (nSPS) is 19.3. The van der Waals surface area contributed by atoms with Gasteiger partial charge in [0.2, 0.25) is 0 Å². The van der Waals surface area contributed by atoms with Crippen molar-refractivity contribution in [2.45, 2.75) is 19.3 Å². The SMILES string of the molecule is N#CC(C=O)C1=CCCC1. The Hall–Kier alpha value is -1.10. The van der Waals surface area contributed by atoms with Crippen LogP contribution in [0.4, 0.5) is 0 Å². The molecule has 1 atom stereocenters. The number of carbonyl (C=O) groups is 1. The van der Waals surface area contributed by atoms with Crippen molar-refractivity contribution in [1.82, 2.24) is 0 Å². The topological polar surface area (TPSA) is 40.9 Å². The summed E-state index contributed by atoms with van der Waals surface area (Å²) in [5, 5.41) is 8.46. The molecule has 0 spiro atoms. The van der Waals surface area contributed by atoms with Gasteiger partial charge < -0.3 is 4.79 Å². The Bertz CT molecular complexity index is 200. The minimum absolute atomic E-state index is 0.470. The van der Waals surface area contributed by atoms with Gasteiger partial charge in [0.1, 0.15) is 12.2 Å². The Balaban J connectivity index is 2.63. The van der Waals surface area contributed by atoms with Crippen LogP contribution >= 0.6 is 0 Å². The highest BCUT2D eigenvalue weighted by Crippen LogP contribution is 2.23. The van der Waals surface area contributed by atoms with Gasteiger partial charge in [0.05, 0.1) is 6.07 Å². The van der Waals surface area contributed by atoms with Crippen LogP contribution in [0.1, 0.15) is 19.3 Å². The summed E-state index contributed by atoms with van der Waals surface area (Å²) in [6, 6.07) is 1.96. The number of hydrogen-bond acceptors (Lipinski definition) is 2. The van der Waals surface area contributed by atoms with Gasteiger partial charge in [0.15, 0.2) is 0 Å². The van der Waals surface area contributed by atoms with Crippen LogP contribution in [0.2, 0.25) is 0 Å². The molecular formula is C8H9NO. The molecule has 0 bridgehead atoms. The molecule has 0 saturated carbocycles. The van der Waals surface area contributed by atoms with Gasteiger partial charge in [0.25, 0.3) is 0 Å². The van der Waals surface area contributed by atoms with Crippen LogP contribution in [-0.4, -0.2) is 6.29 Å². The summed E-state index contributed by atoms with van der Waals surface area (Å²) in [6.45, 7) is 0. The van der Waals surface area contributed by atoms with Gasteiger partial charge in [-0.2, -0.15) is 5.26 Å². The van der Waals surface area contributed by atoms with E-state index < -0.39 is 5.92 Å². The third kappa shape index (κ3) is 1.24. The van der Waals surface area contributed by atoms with Gasteiger partial charge in [-0.15, -0.1) is 0 Å². The van der Waals surface area contributed by atoms with E-state index in [1.54, 1.807) is 0 Å². The quantitative estimate of drug-likeness (QED) is 0.424. The fraction of sp³-hybridized carbons (Fsp3) is 0.500. The van der Waals surface area contributed by atoms with Crippen LogP contribution in [0.3, 0.4) is 0 Å². The van der Waals surface area contributed by atoms with Gasteiger partial charge in [-0.25, -0.2) is 0 Å². The highest BCUT2D eigenvalue weighted by Gasteiger charge is 2.14. The molecule has 0 aromatic rings. The molecule has 0 aromatic heterocycles. The zero-order valence-electron chi connectivity index (χ0n) is 5.71. The monoisotopic (exact) mass is 135 g/mol. The average molecular weight is 135 g/mol. The van der Waals surface area contributed by atoms with Crippen LogP contribution in [0.25, 0.3) is 0 Å². The van der Waals surface area contributed by atoms with Crippen molar-refractivity contribution in [2.24, 2.45) is 5.92 Å². The lowest BCUT2D eigenvalue weighted by Gasteiger charge is -1.98. The molecule has 1 unspecified atom stereocenters. The Labute approximate surface area is 60.2 Å². The second-order valence-corrected chi connectivity index (χ2v) is 2.41. The lowest BCUT2D eigenvalue weighted by Crippen LogP contribution is -1.99. The van der Waals surface area contributed by atoms with E-state index >= 15 is 0 Å². The Kier molecular flexibility index (Phi) is 2.22. The fourth-order valence-corrected chi connectivity index (χ4v) is 1.18. The molecule has 0 aliphatic heterocycles. The van der Waals surface area contributed by atoms with Crippen LogP contribution in [0, 0.1) is 17.2 Å². The maximum Gasteiger partial charge on any atom is 0.141 e. The van der Waals surface area contributed by atoms with Gasteiger partial charge in [0, 0.05) is 0 Å². The lowest BCUT2D eigenvalue weighted by molar-refractivity contribution is -0.109. The van der Waals surface area contributed by atoms with Crippen molar-refractivity contribution >= 4 is 6.29 Å². The summed E-state index contributed by atoms with van der Waals surface area (Å²) < 4.78 is 0. The molecule has 1 aliphatic carbocycles. The zero-order chi connectivity index (χ0) is 7.40. The van der Waals surface area contributed by atoms with Crippen molar-refractivity contribution in [2.75, 3.05) is 0 Å². The molecule has 0 heterocycles. The predicted molar refractivity (Wildman–Crippen MR) is 37.1 cm³/mol. The average Bonchev–Trinajstić information content (AvgIpc) is 2.43. The highest BCUT2D eigenvalue weighted by molar-refractivity contribution is 5.63. The first-order valence-corrected chi connectivity index (χ1v) is 3.42. The minimum atomic E-state index is -0.470. The van der Waals surface area contributed by atoms with E-state index in [4.69, 9.17) is 5.26 Å². The van der Waals surface area contributed by atoms with Crippen molar-refractivity contribution < 1.29 is 4.79 Å². The largest absolute Gasteiger partial charge is 0.302 e. The summed E-state index contributed by atoms with van der Waals surface area (Å²) in [5.74, 6) is -0.470. The molecular weight excluding hydrogens is 126 g/mol. The molecule has 2 nitrogen and oxygen atoms in total. The van der Waals surface area contributed by atoms with E-state index in [0.717, 1.165) is 31.1 Å². The first kappa shape index (κ1) is 7.01. The standard InChI is InChI=1S/C8H9NO/c9-5-8(6-10)7-3-1-2-4-7/h3,6,8H,1-2,4H2. The maximum atomic E-state index is 10.3. The molecule has 0 amide bonds. The van der Waals surface area contributed by atoms with E-state index in [9.17, 15) is 4.79 Å². The molecule has 2 heteroatoms. The maximum absolute atomic E-state index is 10.3. The summed E-state index contributed by atoms with van der Waals surface area (Å²) in [5.41, 5.74) is 1.01. The molecule has 0 N–H and O–H groups in total. The second kappa shape index (κ2) is 3.17. The lowest BCUT2D eigenvalue weighted by atomic mass is 10.0.